The van der Waals surface area contributed by atoms with E-state index in [0.29, 0.717) is 11.0 Å². The number of furan rings is 1. The van der Waals surface area contributed by atoms with Gasteiger partial charge in [-0.05, 0) is 48.5 Å². The van der Waals surface area contributed by atoms with Crippen LogP contribution in [-0.2, 0) is 9.59 Å². The van der Waals surface area contributed by atoms with E-state index in [0.717, 1.165) is 17.0 Å². The van der Waals surface area contributed by atoms with Crippen molar-refractivity contribution in [1.29, 1.82) is 0 Å². The van der Waals surface area contributed by atoms with Gasteiger partial charge < -0.3 is 14.5 Å². The number of aliphatic hydroxyl groups is 1. The molecule has 1 saturated heterocycles. The van der Waals surface area contributed by atoms with Crippen molar-refractivity contribution in [3.63, 3.8) is 0 Å². The molecule has 30 heavy (non-hydrogen) atoms. The van der Waals surface area contributed by atoms with Gasteiger partial charge in [0.25, 0.3) is 5.78 Å². The molecule has 3 heterocycles. The first-order valence-corrected chi connectivity index (χ1v) is 9.09. The Labute approximate surface area is 169 Å². The zero-order valence-electron chi connectivity index (χ0n) is 15.4. The molecule has 0 aliphatic carbocycles. The van der Waals surface area contributed by atoms with Gasteiger partial charge in [0.15, 0.2) is 0 Å². The number of carbonyl (C=O) groups excluding carboxylic acids is 2. The van der Waals surface area contributed by atoms with Crippen LogP contribution in [0.3, 0.4) is 0 Å². The number of rotatable bonds is 3. The normalized spacial score (nSPS) is 18.4. The average Bonchev–Trinajstić information content (AvgIpc) is 3.47. The molecular weight excluding hydrogens is 389 g/mol. The Kier molecular flexibility index (Phi) is 3.99. The van der Waals surface area contributed by atoms with Gasteiger partial charge in [-0.2, -0.15) is 0 Å². The Morgan fingerprint density at radius 1 is 1.07 bits per heavy atom. The van der Waals surface area contributed by atoms with E-state index in [-0.39, 0.29) is 22.8 Å². The Balaban J connectivity index is 1.71. The third-order valence-electron chi connectivity index (χ3n) is 4.98. The van der Waals surface area contributed by atoms with E-state index < -0.39 is 29.3 Å². The molecule has 5 rings (SSSR count). The number of Topliss-reactive ketones (excluding diaryl/α,β-unsaturated/α-hetero) is 1. The standard InChI is InChI=1S/C22H14FN3O4/c23-13-9-7-12(8-10-13)19(27)17-18(16-6-3-11-30-16)26(21(29)20(17)28)22-24-14-4-1-2-5-15(14)25-22/h1-11,18,27H,(H,24,25)/b19-17+. The summed E-state index contributed by atoms with van der Waals surface area (Å²) >= 11 is 0. The lowest BCUT2D eigenvalue weighted by molar-refractivity contribution is -0.132. The molecule has 2 N–H and O–H groups in total. The number of fused-ring (bicyclic) bond motifs is 1. The van der Waals surface area contributed by atoms with Gasteiger partial charge in [0.05, 0.1) is 22.9 Å². The summed E-state index contributed by atoms with van der Waals surface area (Å²) in [5, 5.41) is 10.9. The van der Waals surface area contributed by atoms with E-state index in [1.807, 2.05) is 6.07 Å². The lowest BCUT2D eigenvalue weighted by atomic mass is 9.99. The lowest BCUT2D eigenvalue weighted by Crippen LogP contribution is -2.30. The molecule has 2 aromatic carbocycles. The number of ketones is 1. The van der Waals surface area contributed by atoms with Crippen molar-refractivity contribution in [2.45, 2.75) is 6.04 Å². The third-order valence-corrected chi connectivity index (χ3v) is 4.98. The number of hydrogen-bond donors (Lipinski definition) is 2. The van der Waals surface area contributed by atoms with Crippen LogP contribution in [0.1, 0.15) is 17.4 Å². The summed E-state index contributed by atoms with van der Waals surface area (Å²) in [7, 11) is 0. The highest BCUT2D eigenvalue weighted by molar-refractivity contribution is 6.51. The topological polar surface area (TPSA) is 99.4 Å². The van der Waals surface area contributed by atoms with Crippen LogP contribution >= 0.6 is 0 Å². The number of nitrogens with one attached hydrogen (secondary N) is 1. The summed E-state index contributed by atoms with van der Waals surface area (Å²) in [5.74, 6) is -2.24. The Hall–Kier alpha value is -4.20. The average molecular weight is 403 g/mol. The summed E-state index contributed by atoms with van der Waals surface area (Å²) in [6.45, 7) is 0. The summed E-state index contributed by atoms with van der Waals surface area (Å²) < 4.78 is 18.8. The molecule has 1 unspecified atom stereocenters. The maximum Gasteiger partial charge on any atom is 0.302 e. The van der Waals surface area contributed by atoms with Crippen molar-refractivity contribution >= 4 is 34.4 Å². The number of aromatic nitrogens is 2. The predicted molar refractivity (Wildman–Crippen MR) is 106 cm³/mol. The van der Waals surface area contributed by atoms with Gasteiger partial charge in [0.1, 0.15) is 23.4 Å². The van der Waals surface area contributed by atoms with Crippen molar-refractivity contribution in [3.8, 4) is 0 Å². The maximum atomic E-state index is 13.3. The van der Waals surface area contributed by atoms with E-state index in [1.54, 1.807) is 30.3 Å². The minimum Gasteiger partial charge on any atom is -0.507 e. The Morgan fingerprint density at radius 3 is 2.53 bits per heavy atom. The molecule has 1 amide bonds. The number of aromatic amines is 1. The van der Waals surface area contributed by atoms with Crippen LogP contribution in [0.5, 0.6) is 0 Å². The molecule has 4 aromatic rings. The number of imidazole rings is 1. The molecule has 1 atom stereocenters. The molecular formula is C22H14FN3O4. The van der Waals surface area contributed by atoms with Gasteiger partial charge in [-0.3, -0.25) is 14.5 Å². The van der Waals surface area contributed by atoms with Gasteiger partial charge in [0, 0.05) is 5.56 Å². The second-order valence-corrected chi connectivity index (χ2v) is 6.77. The number of hydrogen-bond acceptors (Lipinski definition) is 5. The van der Waals surface area contributed by atoms with Gasteiger partial charge in [0.2, 0.25) is 5.95 Å². The summed E-state index contributed by atoms with van der Waals surface area (Å²) in [4.78, 5) is 34.5. The molecule has 0 radical (unpaired) electrons. The third kappa shape index (κ3) is 2.69. The highest BCUT2D eigenvalue weighted by Crippen LogP contribution is 2.41. The van der Waals surface area contributed by atoms with Gasteiger partial charge in [-0.1, -0.05) is 12.1 Å². The lowest BCUT2D eigenvalue weighted by Gasteiger charge is -2.20. The summed E-state index contributed by atoms with van der Waals surface area (Å²) in [6.07, 6.45) is 1.41. The molecule has 2 aromatic heterocycles. The van der Waals surface area contributed by atoms with Crippen LogP contribution in [0, 0.1) is 5.82 Å². The van der Waals surface area contributed by atoms with Crippen LogP contribution in [0.2, 0.25) is 0 Å². The first-order chi connectivity index (χ1) is 14.5. The largest absolute Gasteiger partial charge is 0.507 e. The Morgan fingerprint density at radius 2 is 1.83 bits per heavy atom. The van der Waals surface area contributed by atoms with Crippen molar-refractivity contribution < 1.29 is 23.5 Å². The van der Waals surface area contributed by atoms with Crippen molar-refractivity contribution in [1.82, 2.24) is 9.97 Å². The van der Waals surface area contributed by atoms with Gasteiger partial charge in [-0.25, -0.2) is 9.37 Å². The van der Waals surface area contributed by atoms with E-state index in [1.165, 1.54) is 18.4 Å². The fourth-order valence-corrected chi connectivity index (χ4v) is 3.58. The highest BCUT2D eigenvalue weighted by atomic mass is 19.1. The number of amides is 1. The van der Waals surface area contributed by atoms with E-state index in [9.17, 15) is 19.1 Å². The summed E-state index contributed by atoms with van der Waals surface area (Å²) in [5.41, 5.74) is 1.34. The first kappa shape index (κ1) is 17.9. The SMILES string of the molecule is O=C1C(=O)N(c2nc3ccccc3[nH]2)C(c2ccco2)/C1=C(\O)c1ccc(F)cc1. The van der Waals surface area contributed by atoms with E-state index in [2.05, 4.69) is 9.97 Å². The van der Waals surface area contributed by atoms with Crippen LogP contribution < -0.4 is 4.90 Å². The van der Waals surface area contributed by atoms with Crippen molar-refractivity contribution in [3.05, 3.63) is 89.6 Å². The number of anilines is 1. The van der Waals surface area contributed by atoms with E-state index in [4.69, 9.17) is 4.42 Å². The Bertz CT molecular complexity index is 1270. The first-order valence-electron chi connectivity index (χ1n) is 9.09. The zero-order valence-corrected chi connectivity index (χ0v) is 15.4. The smallest absolute Gasteiger partial charge is 0.302 e. The van der Waals surface area contributed by atoms with Crippen LogP contribution in [0.4, 0.5) is 10.3 Å². The molecule has 148 valence electrons. The van der Waals surface area contributed by atoms with Gasteiger partial charge in [-0.15, -0.1) is 0 Å². The minimum atomic E-state index is -1.04. The molecule has 0 bridgehead atoms. The van der Waals surface area contributed by atoms with Crippen molar-refractivity contribution in [2.75, 3.05) is 4.90 Å². The monoisotopic (exact) mass is 403 g/mol. The number of H-pyrrole nitrogens is 1. The zero-order chi connectivity index (χ0) is 20.8. The van der Waals surface area contributed by atoms with Gasteiger partial charge >= 0.3 is 5.91 Å². The maximum absolute atomic E-state index is 13.3. The highest BCUT2D eigenvalue weighted by Gasteiger charge is 2.49. The van der Waals surface area contributed by atoms with E-state index >= 15 is 0 Å². The number of halogens is 1. The number of benzene rings is 2. The molecule has 1 aliphatic rings. The number of para-hydroxylation sites is 2. The molecule has 0 spiro atoms. The van der Waals surface area contributed by atoms with Crippen LogP contribution in [-0.4, -0.2) is 26.8 Å². The second-order valence-electron chi connectivity index (χ2n) is 6.77. The fourth-order valence-electron chi connectivity index (χ4n) is 3.58. The van der Waals surface area contributed by atoms with Crippen LogP contribution in [0.15, 0.2) is 76.9 Å². The fraction of sp³-hybridized carbons (Fsp3) is 0.0455. The second kappa shape index (κ2) is 6.70. The molecule has 0 saturated carbocycles. The van der Waals surface area contributed by atoms with Crippen molar-refractivity contribution in [2.24, 2.45) is 0 Å². The predicted octanol–water partition coefficient (Wildman–Crippen LogP) is 3.92. The number of carbonyl (C=O) groups is 2. The number of aliphatic hydroxyl groups excluding tert-OH is 1. The summed E-state index contributed by atoms with van der Waals surface area (Å²) in [6, 6.07) is 14.3. The molecule has 1 aliphatic heterocycles. The molecule has 7 nitrogen and oxygen atoms in total. The number of nitrogens with zero attached hydrogens (tertiary/aromatic N) is 2. The molecule has 1 fully saturated rings. The molecule has 8 heteroatoms. The minimum absolute atomic E-state index is 0.151. The quantitative estimate of drug-likeness (QED) is 0.307. The van der Waals surface area contributed by atoms with Crippen LogP contribution in [0.25, 0.3) is 16.8 Å².